The van der Waals surface area contributed by atoms with Crippen LogP contribution in [0.5, 0.6) is 0 Å². The van der Waals surface area contributed by atoms with E-state index in [0.717, 1.165) is 46.8 Å². The third-order valence-corrected chi connectivity index (χ3v) is 3.92. The molecule has 1 aromatic carbocycles. The van der Waals surface area contributed by atoms with Crippen LogP contribution in [0.3, 0.4) is 0 Å². The van der Waals surface area contributed by atoms with E-state index in [2.05, 4.69) is 48.2 Å². The van der Waals surface area contributed by atoms with Crippen LogP contribution in [0.4, 0.5) is 5.95 Å². The number of hydrogen-bond acceptors (Lipinski definition) is 3. The van der Waals surface area contributed by atoms with Crippen molar-refractivity contribution in [3.63, 3.8) is 0 Å². The molecule has 1 heterocycles. The van der Waals surface area contributed by atoms with E-state index in [4.69, 9.17) is 4.74 Å². The number of halogens is 2. The minimum Gasteiger partial charge on any atom is -0.382 e. The van der Waals surface area contributed by atoms with Gasteiger partial charge in [-0.25, -0.2) is 4.98 Å². The predicted octanol–water partition coefficient (Wildman–Crippen LogP) is 4.24. The lowest BCUT2D eigenvalue weighted by Crippen LogP contribution is -2.10. The van der Waals surface area contributed by atoms with Crippen LogP contribution in [-0.4, -0.2) is 29.3 Å². The largest absolute Gasteiger partial charge is 0.382 e. The molecule has 1 aromatic heterocycles. The highest BCUT2D eigenvalue weighted by atomic mass is 79.9. The summed E-state index contributed by atoms with van der Waals surface area (Å²) >= 11 is 7.07. The molecule has 0 spiro atoms. The molecule has 0 atom stereocenters. The first-order valence-electron chi connectivity index (χ1n) is 6.52. The van der Waals surface area contributed by atoms with Crippen molar-refractivity contribution in [1.29, 1.82) is 0 Å². The molecule has 2 aromatic rings. The van der Waals surface area contributed by atoms with Gasteiger partial charge in [0.1, 0.15) is 0 Å². The van der Waals surface area contributed by atoms with Crippen LogP contribution >= 0.6 is 31.9 Å². The quantitative estimate of drug-likeness (QED) is 0.704. The molecule has 0 aliphatic carbocycles. The molecule has 4 nitrogen and oxygen atoms in total. The zero-order valence-corrected chi connectivity index (χ0v) is 14.4. The van der Waals surface area contributed by atoms with E-state index in [9.17, 15) is 0 Å². The Balaban J connectivity index is 2.06. The van der Waals surface area contributed by atoms with Crippen molar-refractivity contribution in [1.82, 2.24) is 9.55 Å². The van der Waals surface area contributed by atoms with E-state index in [1.54, 1.807) is 6.20 Å². The second-order valence-electron chi connectivity index (χ2n) is 4.19. The number of rotatable bonds is 7. The average molecular weight is 403 g/mol. The van der Waals surface area contributed by atoms with Crippen LogP contribution in [-0.2, 0) is 4.74 Å². The van der Waals surface area contributed by atoms with Gasteiger partial charge >= 0.3 is 0 Å². The lowest BCUT2D eigenvalue weighted by atomic mass is 10.3. The maximum atomic E-state index is 5.32. The minimum absolute atomic E-state index is 0.764. The molecule has 2 rings (SSSR count). The second-order valence-corrected chi connectivity index (χ2v) is 5.96. The Labute approximate surface area is 135 Å². The molecule has 0 amide bonds. The van der Waals surface area contributed by atoms with Gasteiger partial charge in [0, 0.05) is 41.1 Å². The van der Waals surface area contributed by atoms with Crippen LogP contribution in [0.1, 0.15) is 13.3 Å². The molecule has 0 unspecified atom stereocenters. The highest BCUT2D eigenvalue weighted by Crippen LogP contribution is 2.27. The Morgan fingerprint density at radius 2 is 2.20 bits per heavy atom. The highest BCUT2D eigenvalue weighted by Gasteiger charge is 2.08. The van der Waals surface area contributed by atoms with Crippen molar-refractivity contribution in [3.05, 3.63) is 39.5 Å². The molecule has 20 heavy (non-hydrogen) atoms. The van der Waals surface area contributed by atoms with Crippen LogP contribution < -0.4 is 5.32 Å². The Morgan fingerprint density at radius 1 is 1.35 bits per heavy atom. The monoisotopic (exact) mass is 401 g/mol. The molecule has 0 fully saturated rings. The van der Waals surface area contributed by atoms with Crippen LogP contribution in [0.2, 0.25) is 0 Å². The normalized spacial score (nSPS) is 10.8. The topological polar surface area (TPSA) is 39.1 Å². The van der Waals surface area contributed by atoms with Crippen molar-refractivity contribution in [2.45, 2.75) is 13.3 Å². The summed E-state index contributed by atoms with van der Waals surface area (Å²) in [5, 5.41) is 3.33. The summed E-state index contributed by atoms with van der Waals surface area (Å²) in [6.07, 6.45) is 4.69. The molecule has 0 aliphatic rings. The average Bonchev–Trinajstić information content (AvgIpc) is 2.89. The molecule has 0 saturated carbocycles. The summed E-state index contributed by atoms with van der Waals surface area (Å²) < 4.78 is 9.40. The lowest BCUT2D eigenvalue weighted by molar-refractivity contribution is 0.147. The van der Waals surface area contributed by atoms with E-state index in [1.807, 2.05) is 29.8 Å². The fourth-order valence-corrected chi connectivity index (χ4v) is 2.60. The van der Waals surface area contributed by atoms with Gasteiger partial charge in [-0.2, -0.15) is 0 Å². The summed E-state index contributed by atoms with van der Waals surface area (Å²) in [5.41, 5.74) is 1.05. The Kier molecular flexibility index (Phi) is 6.06. The standard InChI is InChI=1S/C14H17Br2N3O/c1-2-20-9-3-6-17-14-18-7-8-19(14)13-10-11(15)4-5-12(13)16/h4-5,7-8,10H,2-3,6,9H2,1H3,(H,17,18). The van der Waals surface area contributed by atoms with Gasteiger partial charge in [0.05, 0.1) is 5.69 Å². The number of ether oxygens (including phenoxy) is 1. The first-order valence-corrected chi connectivity index (χ1v) is 8.11. The SMILES string of the molecule is CCOCCCNc1nccn1-c1cc(Br)ccc1Br. The number of imidazole rings is 1. The molecule has 6 heteroatoms. The molecule has 108 valence electrons. The van der Waals surface area contributed by atoms with Crippen molar-refractivity contribution in [3.8, 4) is 5.69 Å². The number of anilines is 1. The zero-order chi connectivity index (χ0) is 14.4. The first-order chi connectivity index (χ1) is 9.72. The summed E-state index contributed by atoms with van der Waals surface area (Å²) in [7, 11) is 0. The number of hydrogen-bond donors (Lipinski definition) is 1. The molecule has 0 aliphatic heterocycles. The summed E-state index contributed by atoms with van der Waals surface area (Å²) in [5.74, 6) is 0.834. The number of nitrogens with zero attached hydrogens (tertiary/aromatic N) is 2. The maximum absolute atomic E-state index is 5.32. The van der Waals surface area contributed by atoms with Gasteiger partial charge < -0.3 is 10.1 Å². The van der Waals surface area contributed by atoms with Gasteiger partial charge in [0.15, 0.2) is 0 Å². The number of nitrogens with one attached hydrogen (secondary N) is 1. The lowest BCUT2D eigenvalue weighted by Gasteiger charge is -2.12. The van der Waals surface area contributed by atoms with Gasteiger partial charge in [0.2, 0.25) is 5.95 Å². The van der Waals surface area contributed by atoms with Crippen LogP contribution in [0.25, 0.3) is 5.69 Å². The molecule has 1 N–H and O–H groups in total. The van der Waals surface area contributed by atoms with E-state index >= 15 is 0 Å². The molecule has 0 radical (unpaired) electrons. The van der Waals surface area contributed by atoms with Gasteiger partial charge in [-0.1, -0.05) is 15.9 Å². The third-order valence-electron chi connectivity index (χ3n) is 2.76. The minimum atomic E-state index is 0.764. The molecule has 0 saturated heterocycles. The van der Waals surface area contributed by atoms with Crippen molar-refractivity contribution < 1.29 is 4.74 Å². The number of benzene rings is 1. The Hall–Kier alpha value is -0.850. The Bertz CT molecular complexity index is 557. The van der Waals surface area contributed by atoms with Crippen molar-refractivity contribution >= 4 is 37.8 Å². The predicted molar refractivity (Wildman–Crippen MR) is 88.6 cm³/mol. The number of aromatic nitrogens is 2. The van der Waals surface area contributed by atoms with Gasteiger partial charge in [-0.05, 0) is 47.5 Å². The van der Waals surface area contributed by atoms with Crippen LogP contribution in [0.15, 0.2) is 39.5 Å². The van der Waals surface area contributed by atoms with Gasteiger partial charge in [0.25, 0.3) is 0 Å². The Morgan fingerprint density at radius 3 is 3.00 bits per heavy atom. The second kappa shape index (κ2) is 7.81. The fraction of sp³-hybridized carbons (Fsp3) is 0.357. The van der Waals surface area contributed by atoms with E-state index < -0.39 is 0 Å². The summed E-state index contributed by atoms with van der Waals surface area (Å²) in [4.78, 5) is 4.36. The van der Waals surface area contributed by atoms with Gasteiger partial charge in [-0.3, -0.25) is 4.57 Å². The summed E-state index contributed by atoms with van der Waals surface area (Å²) in [6, 6.07) is 6.06. The maximum Gasteiger partial charge on any atom is 0.207 e. The molecular weight excluding hydrogens is 386 g/mol. The first kappa shape index (κ1) is 15.5. The van der Waals surface area contributed by atoms with Gasteiger partial charge in [-0.15, -0.1) is 0 Å². The zero-order valence-electron chi connectivity index (χ0n) is 11.3. The van der Waals surface area contributed by atoms with E-state index in [-0.39, 0.29) is 0 Å². The fourth-order valence-electron chi connectivity index (χ4n) is 1.82. The van der Waals surface area contributed by atoms with Crippen molar-refractivity contribution in [2.24, 2.45) is 0 Å². The third kappa shape index (κ3) is 4.07. The van der Waals surface area contributed by atoms with Crippen molar-refractivity contribution in [2.75, 3.05) is 25.1 Å². The van der Waals surface area contributed by atoms with E-state index in [0.29, 0.717) is 0 Å². The molecule has 0 bridgehead atoms. The van der Waals surface area contributed by atoms with Crippen LogP contribution in [0, 0.1) is 0 Å². The highest BCUT2D eigenvalue weighted by molar-refractivity contribution is 9.11. The molecular formula is C14H17Br2N3O. The van der Waals surface area contributed by atoms with E-state index in [1.165, 1.54) is 0 Å². The smallest absolute Gasteiger partial charge is 0.207 e. The summed E-state index contributed by atoms with van der Waals surface area (Å²) in [6.45, 7) is 4.37.